The highest BCUT2D eigenvalue weighted by molar-refractivity contribution is 7.87. The van der Waals surface area contributed by atoms with Crippen LogP contribution < -0.4 is 5.73 Å². The molecule has 0 radical (unpaired) electrons. The molecular weight excluding hydrogens is 278 g/mol. The number of carbonyl (C=O) groups excluding carboxylic acids is 1. The largest absolute Gasteiger partial charge is 0.329 e. The Morgan fingerprint density at radius 3 is 1.85 bits per heavy atom. The summed E-state index contributed by atoms with van der Waals surface area (Å²) in [5, 5.41) is -1.45. The molecule has 0 aromatic carbocycles. The van der Waals surface area contributed by atoms with Gasteiger partial charge in [-0.3, -0.25) is 9.35 Å². The van der Waals surface area contributed by atoms with Gasteiger partial charge in [0.15, 0.2) is 11.0 Å². The lowest BCUT2D eigenvalue weighted by molar-refractivity contribution is -0.118. The first-order chi connectivity index (χ1) is 9.43. The Hall–Kier alpha value is -0.460. The highest BCUT2D eigenvalue weighted by atomic mass is 32.2. The van der Waals surface area contributed by atoms with Gasteiger partial charge in [-0.05, 0) is 6.42 Å². The molecular formula is C14H29NO4S. The minimum Gasteiger partial charge on any atom is -0.329 e. The Kier molecular flexibility index (Phi) is 11.0. The van der Waals surface area contributed by atoms with Crippen LogP contribution in [0.4, 0.5) is 0 Å². The third kappa shape index (κ3) is 9.44. The van der Waals surface area contributed by atoms with Crippen LogP contribution in [0.25, 0.3) is 0 Å². The number of Topliss-reactive ketones (excluding diaryl/α,β-unsaturated/α-hetero) is 1. The average Bonchev–Trinajstić information content (AvgIpc) is 2.36. The maximum Gasteiger partial charge on any atom is 0.276 e. The van der Waals surface area contributed by atoms with Gasteiger partial charge in [0, 0.05) is 13.0 Å². The number of nitrogens with two attached hydrogens (primary N) is 1. The van der Waals surface area contributed by atoms with Crippen LogP contribution in [-0.2, 0) is 14.9 Å². The standard InChI is InChI=1S/C14H29NO4S/c1-2-3-4-5-6-7-8-9-10-11-13(16)14(12-15)20(17,18)19/h14H,2-12,15H2,1H3,(H,17,18,19). The second-order valence-corrected chi connectivity index (χ2v) is 6.88. The minimum atomic E-state index is -4.35. The average molecular weight is 307 g/mol. The third-order valence-electron chi connectivity index (χ3n) is 3.46. The van der Waals surface area contributed by atoms with Crippen molar-refractivity contribution in [2.45, 2.75) is 76.4 Å². The van der Waals surface area contributed by atoms with Crippen molar-refractivity contribution in [3.8, 4) is 0 Å². The summed E-state index contributed by atoms with van der Waals surface area (Å²) in [6.07, 6.45) is 10.3. The van der Waals surface area contributed by atoms with Crippen LogP contribution in [0.15, 0.2) is 0 Å². The molecule has 6 heteroatoms. The van der Waals surface area contributed by atoms with Gasteiger partial charge in [0.1, 0.15) is 0 Å². The summed E-state index contributed by atoms with van der Waals surface area (Å²) >= 11 is 0. The zero-order chi connectivity index (χ0) is 15.4. The van der Waals surface area contributed by atoms with E-state index < -0.39 is 21.2 Å². The van der Waals surface area contributed by atoms with Gasteiger partial charge in [0.2, 0.25) is 0 Å². The van der Waals surface area contributed by atoms with Crippen molar-refractivity contribution >= 4 is 15.9 Å². The molecule has 0 spiro atoms. The molecule has 0 saturated carbocycles. The van der Waals surface area contributed by atoms with Gasteiger partial charge in [0.05, 0.1) is 0 Å². The summed E-state index contributed by atoms with van der Waals surface area (Å²) in [6, 6.07) is 0. The number of carbonyl (C=O) groups is 1. The fourth-order valence-corrected chi connectivity index (χ4v) is 2.88. The molecule has 1 unspecified atom stereocenters. The molecule has 0 aromatic rings. The van der Waals surface area contributed by atoms with Crippen LogP contribution in [0.5, 0.6) is 0 Å². The van der Waals surface area contributed by atoms with E-state index in [0.29, 0.717) is 6.42 Å². The first-order valence-corrected chi connectivity index (χ1v) is 9.12. The molecule has 0 aromatic heterocycles. The van der Waals surface area contributed by atoms with Crippen LogP contribution in [0, 0.1) is 0 Å². The van der Waals surface area contributed by atoms with Crippen molar-refractivity contribution in [1.82, 2.24) is 0 Å². The zero-order valence-corrected chi connectivity index (χ0v) is 13.3. The predicted octanol–water partition coefficient (Wildman–Crippen LogP) is 2.69. The van der Waals surface area contributed by atoms with Gasteiger partial charge < -0.3 is 5.73 Å². The first-order valence-electron chi connectivity index (χ1n) is 7.62. The Morgan fingerprint density at radius 1 is 1.00 bits per heavy atom. The van der Waals surface area contributed by atoms with Crippen molar-refractivity contribution in [1.29, 1.82) is 0 Å². The Labute approximate surface area is 123 Å². The smallest absolute Gasteiger partial charge is 0.276 e. The van der Waals surface area contributed by atoms with E-state index in [2.05, 4.69) is 6.92 Å². The van der Waals surface area contributed by atoms with Crippen LogP contribution >= 0.6 is 0 Å². The number of unbranched alkanes of at least 4 members (excludes halogenated alkanes) is 8. The number of hydrogen-bond acceptors (Lipinski definition) is 4. The first kappa shape index (κ1) is 19.5. The molecule has 0 rings (SSSR count). The minimum absolute atomic E-state index is 0.178. The van der Waals surface area contributed by atoms with Crippen molar-refractivity contribution in [2.24, 2.45) is 5.73 Å². The van der Waals surface area contributed by atoms with Crippen LogP contribution in [0.3, 0.4) is 0 Å². The Morgan fingerprint density at radius 2 is 1.45 bits per heavy atom. The molecule has 0 aliphatic heterocycles. The van der Waals surface area contributed by atoms with E-state index in [1.165, 1.54) is 32.1 Å². The van der Waals surface area contributed by atoms with E-state index >= 15 is 0 Å². The molecule has 0 fully saturated rings. The zero-order valence-electron chi connectivity index (χ0n) is 12.5. The fraction of sp³-hybridized carbons (Fsp3) is 0.929. The molecule has 0 heterocycles. The SMILES string of the molecule is CCCCCCCCCCCC(=O)C(CN)S(=O)(=O)O. The lowest BCUT2D eigenvalue weighted by atomic mass is 10.0. The molecule has 0 amide bonds. The fourth-order valence-electron chi connectivity index (χ4n) is 2.19. The predicted molar refractivity (Wildman–Crippen MR) is 81.2 cm³/mol. The molecule has 3 N–H and O–H groups in total. The topological polar surface area (TPSA) is 97.5 Å². The quantitative estimate of drug-likeness (QED) is 0.403. The van der Waals surface area contributed by atoms with Gasteiger partial charge in [-0.2, -0.15) is 8.42 Å². The van der Waals surface area contributed by atoms with Crippen LogP contribution in [-0.4, -0.2) is 30.5 Å². The molecule has 0 aliphatic rings. The molecule has 20 heavy (non-hydrogen) atoms. The highest BCUT2D eigenvalue weighted by Gasteiger charge is 2.28. The molecule has 0 saturated heterocycles. The maximum atomic E-state index is 11.6. The normalized spacial score (nSPS) is 13.3. The van der Waals surface area contributed by atoms with Crippen molar-refractivity contribution in [2.75, 3.05) is 6.54 Å². The second-order valence-electron chi connectivity index (χ2n) is 5.28. The summed E-state index contributed by atoms with van der Waals surface area (Å²) in [5.41, 5.74) is 5.21. The lowest BCUT2D eigenvalue weighted by Crippen LogP contribution is -2.36. The van der Waals surface area contributed by atoms with Crippen LogP contribution in [0.1, 0.15) is 71.1 Å². The van der Waals surface area contributed by atoms with E-state index in [1.807, 2.05) is 0 Å². The molecule has 5 nitrogen and oxygen atoms in total. The third-order valence-corrected chi connectivity index (χ3v) is 4.63. The maximum absolute atomic E-state index is 11.6. The highest BCUT2D eigenvalue weighted by Crippen LogP contribution is 2.12. The summed E-state index contributed by atoms with van der Waals surface area (Å²) < 4.78 is 30.7. The van der Waals surface area contributed by atoms with E-state index in [1.54, 1.807) is 0 Å². The summed E-state index contributed by atoms with van der Waals surface area (Å²) in [5.74, 6) is -0.474. The number of rotatable bonds is 13. The molecule has 120 valence electrons. The second kappa shape index (κ2) is 11.2. The van der Waals surface area contributed by atoms with E-state index in [0.717, 1.165) is 19.3 Å². The van der Waals surface area contributed by atoms with Gasteiger partial charge in [0.25, 0.3) is 10.1 Å². The van der Waals surface area contributed by atoms with E-state index in [-0.39, 0.29) is 13.0 Å². The van der Waals surface area contributed by atoms with Crippen molar-refractivity contribution < 1.29 is 17.8 Å². The van der Waals surface area contributed by atoms with Gasteiger partial charge in [-0.25, -0.2) is 0 Å². The van der Waals surface area contributed by atoms with Gasteiger partial charge in [-0.15, -0.1) is 0 Å². The van der Waals surface area contributed by atoms with Crippen molar-refractivity contribution in [3.63, 3.8) is 0 Å². The number of ketones is 1. The summed E-state index contributed by atoms with van der Waals surface area (Å²) in [4.78, 5) is 11.6. The Bertz CT molecular complexity index is 354. The summed E-state index contributed by atoms with van der Waals surface area (Å²) in [6.45, 7) is 1.84. The van der Waals surface area contributed by atoms with Crippen molar-refractivity contribution in [3.05, 3.63) is 0 Å². The molecule has 0 bridgehead atoms. The van der Waals surface area contributed by atoms with Crippen LogP contribution in [0.2, 0.25) is 0 Å². The summed E-state index contributed by atoms with van der Waals surface area (Å²) in [7, 11) is -4.35. The van der Waals surface area contributed by atoms with E-state index in [4.69, 9.17) is 10.3 Å². The monoisotopic (exact) mass is 307 g/mol. The number of hydrogen-bond donors (Lipinski definition) is 2. The van der Waals surface area contributed by atoms with Gasteiger partial charge >= 0.3 is 0 Å². The lowest BCUT2D eigenvalue weighted by Gasteiger charge is -2.09. The Balaban J connectivity index is 3.62. The molecule has 0 aliphatic carbocycles. The van der Waals surface area contributed by atoms with E-state index in [9.17, 15) is 13.2 Å². The molecule has 1 atom stereocenters. The van der Waals surface area contributed by atoms with Gasteiger partial charge in [-0.1, -0.05) is 58.3 Å².